The van der Waals surface area contributed by atoms with E-state index in [1.165, 1.54) is 39.5 Å². The molecule has 2 aromatic carbocycles. The number of nitrogens with zero attached hydrogens (tertiary/aromatic N) is 3. The number of aryl methyl sites for hydroxylation is 1. The Bertz CT molecular complexity index is 1590. The molecule has 2 aromatic heterocycles. The van der Waals surface area contributed by atoms with Crippen LogP contribution in [0.5, 0.6) is 23.1 Å². The highest BCUT2D eigenvalue weighted by Crippen LogP contribution is 2.37. The lowest BCUT2D eigenvalue weighted by molar-refractivity contribution is -0.142. The molecule has 0 aliphatic rings. The fourth-order valence-corrected chi connectivity index (χ4v) is 3.84. The Morgan fingerprint density at radius 2 is 1.79 bits per heavy atom. The second-order valence-electron chi connectivity index (χ2n) is 7.69. The van der Waals surface area contributed by atoms with Crippen LogP contribution in [0, 0.1) is 18.6 Å². The van der Waals surface area contributed by atoms with Crippen molar-refractivity contribution < 1.29 is 37.3 Å². The van der Waals surface area contributed by atoms with Crippen LogP contribution in [0.25, 0.3) is 16.9 Å². The molecular formula is C24H21ClF2N4O7. The molecule has 0 bridgehead atoms. The molecule has 0 fully saturated rings. The molecule has 14 heteroatoms. The molecule has 2 heterocycles. The van der Waals surface area contributed by atoms with Crippen LogP contribution in [-0.4, -0.2) is 53.4 Å². The molecular weight excluding hydrogens is 530 g/mol. The van der Waals surface area contributed by atoms with Gasteiger partial charge in [-0.1, -0.05) is 11.6 Å². The first kappa shape index (κ1) is 26.7. The van der Waals surface area contributed by atoms with Gasteiger partial charge in [0.1, 0.15) is 23.7 Å². The molecule has 0 saturated carbocycles. The van der Waals surface area contributed by atoms with Gasteiger partial charge >= 0.3 is 11.7 Å². The average Bonchev–Trinajstić information content (AvgIpc) is 3.23. The third-order valence-corrected chi connectivity index (χ3v) is 5.68. The summed E-state index contributed by atoms with van der Waals surface area (Å²) in [6.45, 7) is 0.613. The summed E-state index contributed by atoms with van der Waals surface area (Å²) in [6, 6.07) is 4.80. The van der Waals surface area contributed by atoms with E-state index in [-0.39, 0.29) is 50.6 Å². The number of hydrogen-bond acceptors (Lipinski definition) is 9. The first-order valence-electron chi connectivity index (χ1n) is 10.9. The average molecular weight is 551 g/mol. The number of carbonyl (C=O) groups excluding carboxylic acids is 1. The molecule has 0 saturated heterocycles. The third kappa shape index (κ3) is 5.05. The molecule has 11 nitrogen and oxygen atoms in total. The van der Waals surface area contributed by atoms with Crippen LogP contribution in [0.4, 0.5) is 8.78 Å². The standard InChI is InChI=1S/C24H21ClF2N4O7/c1-11-28-22-21(23(29-11)36-4)30-24(33)31(22)15-8-18(17(7-13(15)25)38-10-19(32)35-3)37-9-12-16(34-2)6-5-14(26)20(12)27/h5-8H,9-10H2,1-4H3,(H,30,33). The Kier molecular flexibility index (Phi) is 7.67. The minimum atomic E-state index is -1.16. The van der Waals surface area contributed by atoms with Gasteiger partial charge in [0.2, 0.25) is 5.88 Å². The van der Waals surface area contributed by atoms with Crippen molar-refractivity contribution in [3.8, 4) is 28.8 Å². The van der Waals surface area contributed by atoms with Crippen molar-refractivity contribution in [2.45, 2.75) is 13.5 Å². The quantitative estimate of drug-likeness (QED) is 0.311. The number of imidazole rings is 1. The smallest absolute Gasteiger partial charge is 0.343 e. The summed E-state index contributed by atoms with van der Waals surface area (Å²) in [5.41, 5.74) is -0.338. The van der Waals surface area contributed by atoms with Crippen LogP contribution in [0.3, 0.4) is 0 Å². The molecule has 0 aliphatic carbocycles. The van der Waals surface area contributed by atoms with E-state index < -0.39 is 36.5 Å². The number of esters is 1. The predicted octanol–water partition coefficient (Wildman–Crippen LogP) is 3.50. The fraction of sp³-hybridized carbons (Fsp3) is 0.250. The molecule has 0 unspecified atom stereocenters. The van der Waals surface area contributed by atoms with Gasteiger partial charge in [-0.3, -0.25) is 4.98 Å². The Hall–Kier alpha value is -4.39. The Morgan fingerprint density at radius 3 is 2.47 bits per heavy atom. The van der Waals surface area contributed by atoms with Gasteiger partial charge in [-0.05, 0) is 19.1 Å². The summed E-state index contributed by atoms with van der Waals surface area (Å²) in [4.78, 5) is 35.7. The van der Waals surface area contributed by atoms with E-state index in [0.717, 1.165) is 10.6 Å². The molecule has 200 valence electrons. The van der Waals surface area contributed by atoms with Crippen molar-refractivity contribution in [3.63, 3.8) is 0 Å². The van der Waals surface area contributed by atoms with Gasteiger partial charge in [0.15, 0.2) is 35.4 Å². The molecule has 4 aromatic rings. The van der Waals surface area contributed by atoms with Crippen LogP contribution in [0.1, 0.15) is 11.4 Å². The van der Waals surface area contributed by atoms with Crippen LogP contribution in [0.2, 0.25) is 5.02 Å². The number of benzene rings is 2. The van der Waals surface area contributed by atoms with Gasteiger partial charge in [0.25, 0.3) is 0 Å². The number of aromatic amines is 1. The molecule has 0 atom stereocenters. The minimum absolute atomic E-state index is 0.0185. The number of H-pyrrole nitrogens is 1. The Balaban J connectivity index is 1.84. The van der Waals surface area contributed by atoms with Crippen LogP contribution in [0.15, 0.2) is 29.1 Å². The van der Waals surface area contributed by atoms with E-state index in [4.69, 9.17) is 30.5 Å². The molecule has 4 rings (SSSR count). The van der Waals surface area contributed by atoms with Crippen LogP contribution >= 0.6 is 11.6 Å². The highest BCUT2D eigenvalue weighted by molar-refractivity contribution is 6.32. The van der Waals surface area contributed by atoms with Gasteiger partial charge in [-0.25, -0.2) is 27.9 Å². The third-order valence-electron chi connectivity index (χ3n) is 5.38. The molecule has 0 amide bonds. The zero-order valence-corrected chi connectivity index (χ0v) is 21.3. The number of fused-ring (bicyclic) bond motifs is 1. The summed E-state index contributed by atoms with van der Waals surface area (Å²) in [7, 11) is 3.87. The topological polar surface area (TPSA) is 127 Å². The molecule has 0 spiro atoms. The Labute approximate surface area is 218 Å². The minimum Gasteiger partial charge on any atom is -0.496 e. The van der Waals surface area contributed by atoms with Crippen molar-refractivity contribution in [1.29, 1.82) is 0 Å². The maximum atomic E-state index is 14.5. The van der Waals surface area contributed by atoms with E-state index in [1.807, 2.05) is 0 Å². The first-order chi connectivity index (χ1) is 18.2. The van der Waals surface area contributed by atoms with Crippen molar-refractivity contribution in [1.82, 2.24) is 19.5 Å². The van der Waals surface area contributed by atoms with Crippen molar-refractivity contribution >= 4 is 28.7 Å². The van der Waals surface area contributed by atoms with Crippen molar-refractivity contribution in [3.05, 3.63) is 62.8 Å². The molecule has 0 radical (unpaired) electrons. The number of nitrogens with one attached hydrogen (secondary N) is 1. The van der Waals surface area contributed by atoms with Crippen LogP contribution < -0.4 is 24.6 Å². The van der Waals surface area contributed by atoms with E-state index in [9.17, 15) is 18.4 Å². The fourth-order valence-electron chi connectivity index (χ4n) is 3.60. The van der Waals surface area contributed by atoms with E-state index in [1.54, 1.807) is 6.92 Å². The van der Waals surface area contributed by atoms with E-state index in [0.29, 0.717) is 5.82 Å². The van der Waals surface area contributed by atoms with Crippen molar-refractivity contribution in [2.24, 2.45) is 0 Å². The maximum absolute atomic E-state index is 14.5. The second-order valence-corrected chi connectivity index (χ2v) is 8.10. The summed E-state index contributed by atoms with van der Waals surface area (Å²) in [5.74, 6) is -2.54. The lowest BCUT2D eigenvalue weighted by Gasteiger charge is -2.17. The van der Waals surface area contributed by atoms with E-state index >= 15 is 0 Å². The SMILES string of the molecule is COC(=O)COc1cc(Cl)c(-n2c(=O)[nH]c3c(OC)nc(C)nc32)cc1OCc1c(OC)ccc(F)c1F. The monoisotopic (exact) mass is 550 g/mol. The largest absolute Gasteiger partial charge is 0.496 e. The molecule has 0 aliphatic heterocycles. The van der Waals surface area contributed by atoms with Gasteiger partial charge < -0.3 is 23.7 Å². The first-order valence-corrected chi connectivity index (χ1v) is 11.3. The zero-order valence-electron chi connectivity index (χ0n) is 20.6. The van der Waals surface area contributed by atoms with Crippen molar-refractivity contribution in [2.75, 3.05) is 27.9 Å². The highest BCUT2D eigenvalue weighted by atomic mass is 35.5. The van der Waals surface area contributed by atoms with Gasteiger partial charge in [-0.2, -0.15) is 4.98 Å². The number of aromatic nitrogens is 4. The van der Waals surface area contributed by atoms with E-state index in [2.05, 4.69) is 19.7 Å². The number of ether oxygens (including phenoxy) is 5. The summed E-state index contributed by atoms with van der Waals surface area (Å²) >= 11 is 6.51. The molecule has 1 N–H and O–H groups in total. The lowest BCUT2D eigenvalue weighted by atomic mass is 10.2. The number of hydrogen-bond donors (Lipinski definition) is 1. The lowest BCUT2D eigenvalue weighted by Crippen LogP contribution is -2.17. The second kappa shape index (κ2) is 10.9. The van der Waals surface area contributed by atoms with Gasteiger partial charge in [0, 0.05) is 12.1 Å². The Morgan fingerprint density at radius 1 is 1.05 bits per heavy atom. The number of halogens is 3. The number of rotatable bonds is 9. The number of methoxy groups -OCH3 is 3. The predicted molar refractivity (Wildman–Crippen MR) is 131 cm³/mol. The zero-order chi connectivity index (χ0) is 27.6. The summed E-state index contributed by atoms with van der Waals surface area (Å²) < 4.78 is 55.8. The normalized spacial score (nSPS) is 10.9. The van der Waals surface area contributed by atoms with Crippen LogP contribution in [-0.2, 0) is 16.1 Å². The maximum Gasteiger partial charge on any atom is 0.343 e. The molecule has 38 heavy (non-hydrogen) atoms. The summed E-state index contributed by atoms with van der Waals surface area (Å²) in [6.07, 6.45) is 0. The highest BCUT2D eigenvalue weighted by Gasteiger charge is 2.22. The van der Waals surface area contributed by atoms with Gasteiger partial charge in [0.05, 0.1) is 37.6 Å². The number of carbonyl (C=O) groups is 1. The van der Waals surface area contributed by atoms with Gasteiger partial charge in [-0.15, -0.1) is 0 Å². The summed E-state index contributed by atoms with van der Waals surface area (Å²) in [5, 5.41) is 0.0185.